The van der Waals surface area contributed by atoms with Crippen molar-refractivity contribution in [2.24, 2.45) is 0 Å². The van der Waals surface area contributed by atoms with Crippen LogP contribution in [0.1, 0.15) is 37.0 Å². The van der Waals surface area contributed by atoms with Crippen molar-refractivity contribution in [1.82, 2.24) is 20.4 Å². The number of nitrogens with zero attached hydrogens (tertiary/aromatic N) is 3. The molecule has 1 fully saturated rings. The molecule has 0 saturated carbocycles. The van der Waals surface area contributed by atoms with Gasteiger partial charge in [-0.05, 0) is 43.5 Å². The Bertz CT molecular complexity index is 826. The summed E-state index contributed by atoms with van der Waals surface area (Å²) in [6.45, 7) is 0.635. The number of piperidine rings is 1. The van der Waals surface area contributed by atoms with Gasteiger partial charge in [-0.1, -0.05) is 5.16 Å². The van der Waals surface area contributed by atoms with E-state index in [4.69, 9.17) is 9.26 Å². The van der Waals surface area contributed by atoms with E-state index >= 15 is 0 Å². The van der Waals surface area contributed by atoms with Gasteiger partial charge in [0.05, 0.1) is 13.7 Å². The Balaban J connectivity index is 1.55. The summed E-state index contributed by atoms with van der Waals surface area (Å²) in [7, 11) is 1.26. The second-order valence-corrected chi connectivity index (χ2v) is 6.54. The molecule has 1 unspecified atom stereocenters. The van der Waals surface area contributed by atoms with Crippen molar-refractivity contribution in [3.63, 3.8) is 0 Å². The molecule has 156 valence electrons. The second-order valence-electron chi connectivity index (χ2n) is 6.54. The Labute approximate surface area is 167 Å². The molecular formula is C19H23FN4O5. The maximum absolute atomic E-state index is 12.9. The predicted molar refractivity (Wildman–Crippen MR) is 98.6 cm³/mol. The molecule has 1 aromatic carbocycles. The molecule has 1 aliphatic rings. The zero-order valence-electron chi connectivity index (χ0n) is 16.1. The number of halogens is 1. The third-order valence-corrected chi connectivity index (χ3v) is 4.55. The molecule has 0 aliphatic carbocycles. The van der Waals surface area contributed by atoms with Crippen LogP contribution in [0.4, 0.5) is 9.18 Å². The molecule has 3 rings (SSSR count). The number of likely N-dealkylation sites (tertiary alicyclic amines) is 1. The Kier molecular flexibility index (Phi) is 6.99. The molecule has 1 aliphatic heterocycles. The summed E-state index contributed by atoms with van der Waals surface area (Å²) in [5, 5.41) is 6.50. The van der Waals surface area contributed by atoms with Crippen LogP contribution in [0.2, 0.25) is 0 Å². The lowest BCUT2D eigenvalue weighted by Gasteiger charge is -2.33. The average Bonchev–Trinajstić information content (AvgIpc) is 3.22. The van der Waals surface area contributed by atoms with E-state index < -0.39 is 5.97 Å². The zero-order chi connectivity index (χ0) is 20.6. The standard InChI is InChI=1S/C19H23FN4O5/c1-27-17(25)12-21-19(26)24-10-3-2-4-15(24)18-22-16(23-29-18)9-11-28-14-7-5-13(20)6-8-14/h5-8,15H,2-4,9-12H2,1H3,(H,21,26). The monoisotopic (exact) mass is 406 g/mol. The van der Waals surface area contributed by atoms with E-state index in [1.54, 1.807) is 17.0 Å². The van der Waals surface area contributed by atoms with Crippen molar-refractivity contribution in [2.45, 2.75) is 31.7 Å². The number of carbonyl (C=O) groups is 2. The fourth-order valence-electron chi connectivity index (χ4n) is 3.05. The van der Waals surface area contributed by atoms with Gasteiger partial charge in [0.15, 0.2) is 5.82 Å². The number of carbonyl (C=O) groups excluding carboxylic acids is 2. The number of methoxy groups -OCH3 is 1. The van der Waals surface area contributed by atoms with Gasteiger partial charge in [0, 0.05) is 13.0 Å². The topological polar surface area (TPSA) is 107 Å². The van der Waals surface area contributed by atoms with Crippen molar-refractivity contribution in [2.75, 3.05) is 26.8 Å². The molecule has 29 heavy (non-hydrogen) atoms. The number of nitrogens with one attached hydrogen (secondary N) is 1. The van der Waals surface area contributed by atoms with Gasteiger partial charge in [-0.25, -0.2) is 9.18 Å². The summed E-state index contributed by atoms with van der Waals surface area (Å²) in [4.78, 5) is 29.7. The Morgan fingerprint density at radius 1 is 1.31 bits per heavy atom. The van der Waals surface area contributed by atoms with Crippen molar-refractivity contribution >= 4 is 12.0 Å². The van der Waals surface area contributed by atoms with E-state index in [2.05, 4.69) is 20.2 Å². The maximum atomic E-state index is 12.9. The molecule has 1 N–H and O–H groups in total. The van der Waals surface area contributed by atoms with Crippen LogP contribution in [0.25, 0.3) is 0 Å². The second kappa shape index (κ2) is 9.85. The molecule has 1 atom stereocenters. The van der Waals surface area contributed by atoms with Crippen LogP contribution in [-0.4, -0.2) is 53.8 Å². The van der Waals surface area contributed by atoms with E-state index in [0.29, 0.717) is 43.5 Å². The van der Waals surface area contributed by atoms with Gasteiger partial charge in [0.2, 0.25) is 5.89 Å². The third kappa shape index (κ3) is 5.66. The molecule has 1 saturated heterocycles. The first-order valence-electron chi connectivity index (χ1n) is 9.39. The summed E-state index contributed by atoms with van der Waals surface area (Å²) in [5.41, 5.74) is 0. The lowest BCUT2D eigenvalue weighted by Crippen LogP contribution is -2.46. The maximum Gasteiger partial charge on any atom is 0.325 e. The molecule has 2 aromatic rings. The first-order chi connectivity index (χ1) is 14.1. The normalized spacial score (nSPS) is 16.3. The Hall–Kier alpha value is -3.17. The van der Waals surface area contributed by atoms with Gasteiger partial charge in [0.1, 0.15) is 24.2 Å². The molecule has 0 spiro atoms. The van der Waals surface area contributed by atoms with Crippen LogP contribution >= 0.6 is 0 Å². The number of ether oxygens (including phenoxy) is 2. The molecular weight excluding hydrogens is 383 g/mol. The minimum absolute atomic E-state index is 0.200. The van der Waals surface area contributed by atoms with Crippen LogP contribution in [0.15, 0.2) is 28.8 Å². The number of urea groups is 1. The molecule has 0 bridgehead atoms. The lowest BCUT2D eigenvalue weighted by molar-refractivity contribution is -0.139. The summed E-state index contributed by atoms with van der Waals surface area (Å²) >= 11 is 0. The van der Waals surface area contributed by atoms with Crippen LogP contribution in [0.5, 0.6) is 5.75 Å². The summed E-state index contributed by atoms with van der Waals surface area (Å²) in [6.07, 6.45) is 2.88. The van der Waals surface area contributed by atoms with E-state index in [1.807, 2.05) is 0 Å². The van der Waals surface area contributed by atoms with Gasteiger partial charge in [-0.3, -0.25) is 4.79 Å². The van der Waals surface area contributed by atoms with Crippen LogP contribution < -0.4 is 10.1 Å². The fraction of sp³-hybridized carbons (Fsp3) is 0.474. The Morgan fingerprint density at radius 3 is 2.86 bits per heavy atom. The van der Waals surface area contributed by atoms with E-state index in [-0.39, 0.29) is 24.4 Å². The molecule has 10 heteroatoms. The third-order valence-electron chi connectivity index (χ3n) is 4.55. The minimum atomic E-state index is -0.520. The zero-order valence-corrected chi connectivity index (χ0v) is 16.1. The van der Waals surface area contributed by atoms with Crippen molar-refractivity contribution < 1.29 is 28.0 Å². The van der Waals surface area contributed by atoms with Gasteiger partial charge in [0.25, 0.3) is 0 Å². The van der Waals surface area contributed by atoms with Crippen LogP contribution in [-0.2, 0) is 16.0 Å². The van der Waals surface area contributed by atoms with E-state index in [1.165, 1.54) is 19.2 Å². The van der Waals surface area contributed by atoms with Crippen LogP contribution in [0, 0.1) is 5.82 Å². The highest BCUT2D eigenvalue weighted by atomic mass is 19.1. The average molecular weight is 406 g/mol. The molecule has 0 radical (unpaired) electrons. The van der Waals surface area contributed by atoms with Crippen molar-refractivity contribution in [3.8, 4) is 5.75 Å². The first-order valence-corrected chi connectivity index (χ1v) is 9.39. The van der Waals surface area contributed by atoms with Crippen molar-refractivity contribution in [1.29, 1.82) is 0 Å². The number of hydrogen-bond acceptors (Lipinski definition) is 7. The number of benzene rings is 1. The summed E-state index contributed by atoms with van der Waals surface area (Å²) < 4.78 is 28.3. The SMILES string of the molecule is COC(=O)CNC(=O)N1CCCCC1c1nc(CCOc2ccc(F)cc2)no1. The molecule has 2 heterocycles. The highest BCUT2D eigenvalue weighted by Gasteiger charge is 2.32. The quantitative estimate of drug-likeness (QED) is 0.703. The van der Waals surface area contributed by atoms with Gasteiger partial charge in [-0.2, -0.15) is 4.98 Å². The predicted octanol–water partition coefficient (Wildman–Crippen LogP) is 2.24. The fourth-order valence-corrected chi connectivity index (χ4v) is 3.05. The minimum Gasteiger partial charge on any atom is -0.493 e. The molecule has 1 aromatic heterocycles. The lowest BCUT2D eigenvalue weighted by atomic mass is 10.0. The smallest absolute Gasteiger partial charge is 0.325 e. The first kappa shape index (κ1) is 20.6. The number of rotatable bonds is 7. The Morgan fingerprint density at radius 2 is 2.10 bits per heavy atom. The number of esters is 1. The summed E-state index contributed by atoms with van der Waals surface area (Å²) in [5.74, 6) is 0.522. The number of amides is 2. The largest absolute Gasteiger partial charge is 0.493 e. The van der Waals surface area contributed by atoms with E-state index in [9.17, 15) is 14.0 Å². The van der Waals surface area contributed by atoms with Crippen molar-refractivity contribution in [3.05, 3.63) is 41.8 Å². The van der Waals surface area contributed by atoms with Crippen LogP contribution in [0.3, 0.4) is 0 Å². The van der Waals surface area contributed by atoms with Gasteiger partial charge in [-0.15, -0.1) is 0 Å². The van der Waals surface area contributed by atoms with E-state index in [0.717, 1.165) is 12.8 Å². The number of aromatic nitrogens is 2. The molecule has 9 nitrogen and oxygen atoms in total. The highest BCUT2D eigenvalue weighted by Crippen LogP contribution is 2.29. The molecule has 2 amide bonds. The number of hydrogen-bond donors (Lipinski definition) is 1. The van der Waals surface area contributed by atoms with Gasteiger partial charge < -0.3 is 24.2 Å². The summed E-state index contributed by atoms with van der Waals surface area (Å²) in [6, 6.07) is 5.02. The highest BCUT2D eigenvalue weighted by molar-refractivity contribution is 5.81. The van der Waals surface area contributed by atoms with Gasteiger partial charge >= 0.3 is 12.0 Å².